The molecule has 1 aliphatic heterocycles. The summed E-state index contributed by atoms with van der Waals surface area (Å²) in [6.45, 7) is 9.26. The molecule has 1 saturated heterocycles. The molecule has 1 aliphatic rings. The first-order chi connectivity index (χ1) is 14.7. The first kappa shape index (κ1) is 23.0. The summed E-state index contributed by atoms with van der Waals surface area (Å²) < 4.78 is 11.2. The van der Waals surface area contributed by atoms with Crippen molar-refractivity contribution in [2.24, 2.45) is 0 Å². The van der Waals surface area contributed by atoms with Gasteiger partial charge >= 0.3 is 0 Å². The molecule has 1 heterocycles. The molecule has 6 heteroatoms. The van der Waals surface area contributed by atoms with Gasteiger partial charge in [-0.05, 0) is 55.0 Å². The highest BCUT2D eigenvalue weighted by molar-refractivity contribution is 6.07. The van der Waals surface area contributed by atoms with Gasteiger partial charge in [-0.1, -0.05) is 45.0 Å². The summed E-state index contributed by atoms with van der Waals surface area (Å²) in [5.41, 5.74) is 2.80. The lowest BCUT2D eigenvalue weighted by Gasteiger charge is -2.19. The Morgan fingerprint density at radius 1 is 1.06 bits per heavy atom. The third kappa shape index (κ3) is 6.39. The van der Waals surface area contributed by atoms with Crippen molar-refractivity contribution in [3.8, 4) is 0 Å². The predicted octanol–water partition coefficient (Wildman–Crippen LogP) is 4.76. The number of anilines is 2. The summed E-state index contributed by atoms with van der Waals surface area (Å²) in [5.74, 6) is -0.501. The second-order valence-electron chi connectivity index (χ2n) is 8.93. The van der Waals surface area contributed by atoms with E-state index in [9.17, 15) is 9.59 Å². The lowest BCUT2D eigenvalue weighted by Crippen LogP contribution is -2.31. The molecular weight excluding hydrogens is 392 g/mol. The van der Waals surface area contributed by atoms with Crippen LogP contribution < -0.4 is 10.6 Å². The van der Waals surface area contributed by atoms with Gasteiger partial charge in [-0.2, -0.15) is 0 Å². The van der Waals surface area contributed by atoms with E-state index in [0.717, 1.165) is 25.0 Å². The van der Waals surface area contributed by atoms with E-state index in [1.165, 1.54) is 0 Å². The van der Waals surface area contributed by atoms with Crippen molar-refractivity contribution in [3.63, 3.8) is 0 Å². The van der Waals surface area contributed by atoms with E-state index in [4.69, 9.17) is 9.47 Å². The number of carbonyl (C=O) groups excluding carboxylic acids is 2. The van der Waals surface area contributed by atoms with Gasteiger partial charge in [0.25, 0.3) is 11.8 Å². The van der Waals surface area contributed by atoms with Gasteiger partial charge in [0.15, 0.2) is 0 Å². The highest BCUT2D eigenvalue weighted by atomic mass is 16.5. The van der Waals surface area contributed by atoms with E-state index in [2.05, 4.69) is 31.4 Å². The number of hydrogen-bond donors (Lipinski definition) is 2. The third-order valence-electron chi connectivity index (χ3n) is 5.37. The Hall–Kier alpha value is -2.70. The molecule has 31 heavy (non-hydrogen) atoms. The molecule has 3 rings (SSSR count). The van der Waals surface area contributed by atoms with Gasteiger partial charge in [0.2, 0.25) is 0 Å². The van der Waals surface area contributed by atoms with Crippen LogP contribution in [0.1, 0.15) is 56.5 Å². The van der Waals surface area contributed by atoms with E-state index in [0.29, 0.717) is 23.5 Å². The normalized spacial score (nSPS) is 17.2. The van der Waals surface area contributed by atoms with Crippen molar-refractivity contribution in [1.29, 1.82) is 0 Å². The second-order valence-corrected chi connectivity index (χ2v) is 8.93. The van der Waals surface area contributed by atoms with Crippen LogP contribution in [0, 0.1) is 0 Å². The van der Waals surface area contributed by atoms with E-state index in [1.807, 2.05) is 30.3 Å². The molecule has 0 aromatic heterocycles. The number of para-hydroxylation sites is 2. The van der Waals surface area contributed by atoms with Gasteiger partial charge in [0.05, 0.1) is 24.1 Å². The monoisotopic (exact) mass is 424 g/mol. The van der Waals surface area contributed by atoms with Crippen molar-refractivity contribution < 1.29 is 19.1 Å². The Bertz CT molecular complexity index is 896. The van der Waals surface area contributed by atoms with Gasteiger partial charge in [-0.3, -0.25) is 9.59 Å². The molecule has 0 bridgehead atoms. The van der Waals surface area contributed by atoms with Gasteiger partial charge in [0, 0.05) is 12.2 Å². The number of nitrogens with one attached hydrogen (secondary N) is 2. The van der Waals surface area contributed by atoms with Crippen LogP contribution in [0.15, 0.2) is 48.5 Å². The number of hydrogen-bond acceptors (Lipinski definition) is 4. The van der Waals surface area contributed by atoms with Crippen LogP contribution >= 0.6 is 0 Å². The zero-order valence-electron chi connectivity index (χ0n) is 18.7. The minimum Gasteiger partial charge on any atom is -0.376 e. The summed E-state index contributed by atoms with van der Waals surface area (Å²) in [5, 5.41) is 5.74. The average molecular weight is 425 g/mol. The summed E-state index contributed by atoms with van der Waals surface area (Å²) in [7, 11) is 0. The maximum Gasteiger partial charge on any atom is 0.255 e. The Labute approximate surface area is 184 Å². The minimum atomic E-state index is -0.627. The molecule has 6 nitrogen and oxygen atoms in total. The van der Waals surface area contributed by atoms with Crippen molar-refractivity contribution in [2.45, 2.75) is 58.2 Å². The summed E-state index contributed by atoms with van der Waals surface area (Å²) in [6, 6.07) is 14.7. The molecule has 0 spiro atoms. The molecule has 2 amide bonds. The summed E-state index contributed by atoms with van der Waals surface area (Å²) in [6.07, 6.45) is 1.42. The predicted molar refractivity (Wildman–Crippen MR) is 123 cm³/mol. The fourth-order valence-electron chi connectivity index (χ4n) is 3.35. The number of benzene rings is 2. The quantitative estimate of drug-likeness (QED) is 0.672. The molecule has 166 valence electrons. The number of amides is 2. The molecule has 0 radical (unpaired) electrons. The van der Waals surface area contributed by atoms with Crippen molar-refractivity contribution in [2.75, 3.05) is 23.8 Å². The topological polar surface area (TPSA) is 76.7 Å². The third-order valence-corrected chi connectivity index (χ3v) is 5.37. The van der Waals surface area contributed by atoms with E-state index < -0.39 is 6.10 Å². The Kier molecular flexibility index (Phi) is 7.46. The van der Waals surface area contributed by atoms with E-state index >= 15 is 0 Å². The molecule has 2 aromatic carbocycles. The van der Waals surface area contributed by atoms with E-state index in [-0.39, 0.29) is 23.3 Å². The molecule has 0 aliphatic carbocycles. The zero-order valence-corrected chi connectivity index (χ0v) is 18.7. The van der Waals surface area contributed by atoms with Crippen LogP contribution in [0.5, 0.6) is 0 Å². The van der Waals surface area contributed by atoms with E-state index in [1.54, 1.807) is 25.1 Å². The molecule has 0 saturated carbocycles. The largest absolute Gasteiger partial charge is 0.376 e. The second kappa shape index (κ2) is 10.1. The van der Waals surface area contributed by atoms with Gasteiger partial charge in [0.1, 0.15) is 6.10 Å². The van der Waals surface area contributed by atoms with Crippen molar-refractivity contribution in [3.05, 3.63) is 59.7 Å². The molecular formula is C25H32N2O4. The van der Waals surface area contributed by atoms with Crippen LogP contribution in [0.2, 0.25) is 0 Å². The summed E-state index contributed by atoms with van der Waals surface area (Å²) in [4.78, 5) is 25.3. The van der Waals surface area contributed by atoms with Gasteiger partial charge in [-0.25, -0.2) is 0 Å². The Balaban J connectivity index is 1.61. The van der Waals surface area contributed by atoms with Gasteiger partial charge < -0.3 is 20.1 Å². The zero-order chi connectivity index (χ0) is 22.4. The molecule has 2 atom stereocenters. The van der Waals surface area contributed by atoms with Crippen molar-refractivity contribution >= 4 is 23.2 Å². The first-order valence-corrected chi connectivity index (χ1v) is 10.8. The van der Waals surface area contributed by atoms with Crippen LogP contribution in [0.25, 0.3) is 0 Å². The standard InChI is InChI=1S/C25H32N2O4/c1-17(31-16-20-8-7-15-30-20)23(28)26-21-9-5-6-10-22(21)27-24(29)18-11-13-19(14-12-18)25(2,3)4/h5-6,9-14,17,20H,7-8,15-16H2,1-4H3,(H,26,28)(H,27,29). The number of carbonyl (C=O) groups is 2. The van der Waals surface area contributed by atoms with Gasteiger partial charge in [-0.15, -0.1) is 0 Å². The smallest absolute Gasteiger partial charge is 0.255 e. The lowest BCUT2D eigenvalue weighted by atomic mass is 9.87. The maximum absolute atomic E-state index is 12.7. The molecule has 1 fully saturated rings. The van der Waals surface area contributed by atoms with Crippen molar-refractivity contribution in [1.82, 2.24) is 0 Å². The highest BCUT2D eigenvalue weighted by Gasteiger charge is 2.21. The van der Waals surface area contributed by atoms with Crippen LogP contribution in [-0.2, 0) is 19.7 Å². The lowest BCUT2D eigenvalue weighted by molar-refractivity contribution is -0.128. The molecule has 2 N–H and O–H groups in total. The minimum absolute atomic E-state index is 0.0224. The van der Waals surface area contributed by atoms with Crippen LogP contribution in [0.4, 0.5) is 11.4 Å². The van der Waals surface area contributed by atoms with Crippen LogP contribution in [-0.4, -0.2) is 37.2 Å². The molecule has 2 unspecified atom stereocenters. The fraction of sp³-hybridized carbons (Fsp3) is 0.440. The molecule has 2 aromatic rings. The number of ether oxygens (including phenoxy) is 2. The Morgan fingerprint density at radius 2 is 1.71 bits per heavy atom. The Morgan fingerprint density at radius 3 is 2.29 bits per heavy atom. The maximum atomic E-state index is 12.7. The SMILES string of the molecule is CC(OCC1CCCO1)C(=O)Nc1ccccc1NC(=O)c1ccc(C(C)(C)C)cc1. The highest BCUT2D eigenvalue weighted by Crippen LogP contribution is 2.24. The average Bonchev–Trinajstić information content (AvgIpc) is 3.26. The first-order valence-electron chi connectivity index (χ1n) is 10.8. The fourth-order valence-corrected chi connectivity index (χ4v) is 3.35. The summed E-state index contributed by atoms with van der Waals surface area (Å²) >= 11 is 0. The number of rotatable bonds is 7. The van der Waals surface area contributed by atoms with Crippen LogP contribution in [0.3, 0.4) is 0 Å².